The second kappa shape index (κ2) is 8.65. The maximum absolute atomic E-state index is 12.6. The summed E-state index contributed by atoms with van der Waals surface area (Å²) in [7, 11) is 0. The molecule has 0 radical (unpaired) electrons. The largest absolute Gasteiger partial charge is 0.508 e. The molecule has 3 aromatic rings. The molecule has 0 amide bonds. The Bertz CT molecular complexity index is 1010. The summed E-state index contributed by atoms with van der Waals surface area (Å²) in [4.78, 5) is 17.3. The number of aromatic nitrogens is 3. The number of rotatable bonds is 6. The molecule has 0 spiro atoms. The van der Waals surface area contributed by atoms with E-state index in [1.165, 1.54) is 4.68 Å². The minimum Gasteiger partial charge on any atom is -0.508 e. The van der Waals surface area contributed by atoms with Gasteiger partial charge in [-0.05, 0) is 60.9 Å². The van der Waals surface area contributed by atoms with Crippen molar-refractivity contribution in [1.29, 1.82) is 0 Å². The molecule has 0 unspecified atom stereocenters. The zero-order valence-corrected chi connectivity index (χ0v) is 17.6. The molecule has 1 aliphatic heterocycles. The highest BCUT2D eigenvalue weighted by Gasteiger charge is 2.18. The maximum atomic E-state index is 12.6. The first-order chi connectivity index (χ1) is 14.5. The highest BCUT2D eigenvalue weighted by Crippen LogP contribution is 2.23. The molecule has 0 atom stereocenters. The van der Waals surface area contributed by atoms with E-state index in [0.717, 1.165) is 49.7 Å². The SMILES string of the molecule is CC(C)CCn1ncn(-c2ccc(N3CCN(c4ccc(O)cc4)CC3)cc2)c1=O. The lowest BCUT2D eigenvalue weighted by Crippen LogP contribution is -2.46. The summed E-state index contributed by atoms with van der Waals surface area (Å²) in [6, 6.07) is 15.5. The molecule has 0 bridgehead atoms. The molecule has 158 valence electrons. The van der Waals surface area contributed by atoms with E-state index in [-0.39, 0.29) is 5.69 Å². The fourth-order valence-electron chi connectivity index (χ4n) is 3.76. The minimum absolute atomic E-state index is 0.0917. The lowest BCUT2D eigenvalue weighted by Gasteiger charge is -2.37. The van der Waals surface area contributed by atoms with Crippen molar-refractivity contribution in [3.05, 3.63) is 65.3 Å². The van der Waals surface area contributed by atoms with Crippen LogP contribution in [-0.2, 0) is 6.54 Å². The maximum Gasteiger partial charge on any atom is 0.350 e. The third-order valence-electron chi connectivity index (χ3n) is 5.64. The van der Waals surface area contributed by atoms with E-state index in [9.17, 15) is 9.90 Å². The summed E-state index contributed by atoms with van der Waals surface area (Å²) in [5.41, 5.74) is 3.04. The lowest BCUT2D eigenvalue weighted by molar-refractivity contribution is 0.475. The standard InChI is InChI=1S/C23H29N5O2/c1-18(2)11-12-28-23(30)27(17-24-28)21-5-3-19(4-6-21)25-13-15-26(16-14-25)20-7-9-22(29)10-8-20/h3-10,17-18,29H,11-16H2,1-2H3. The third kappa shape index (κ3) is 4.35. The average molecular weight is 408 g/mol. The van der Waals surface area contributed by atoms with Gasteiger partial charge in [0.2, 0.25) is 0 Å². The first-order valence-electron chi connectivity index (χ1n) is 10.5. The molecule has 1 N–H and O–H groups in total. The van der Waals surface area contributed by atoms with Crippen molar-refractivity contribution >= 4 is 11.4 Å². The number of anilines is 2. The zero-order chi connectivity index (χ0) is 21.1. The van der Waals surface area contributed by atoms with Crippen LogP contribution in [0.15, 0.2) is 59.7 Å². The smallest absolute Gasteiger partial charge is 0.350 e. The zero-order valence-electron chi connectivity index (χ0n) is 17.6. The van der Waals surface area contributed by atoms with Crippen LogP contribution in [0.4, 0.5) is 11.4 Å². The van der Waals surface area contributed by atoms with Gasteiger partial charge in [-0.15, -0.1) is 0 Å². The van der Waals surface area contributed by atoms with E-state index in [1.807, 2.05) is 24.3 Å². The average Bonchev–Trinajstić information content (AvgIpc) is 3.13. The van der Waals surface area contributed by atoms with Crippen LogP contribution in [0.25, 0.3) is 5.69 Å². The van der Waals surface area contributed by atoms with Crippen molar-refractivity contribution in [3.63, 3.8) is 0 Å². The molecule has 2 aromatic carbocycles. The molecule has 0 aliphatic carbocycles. The van der Waals surface area contributed by atoms with Crippen LogP contribution < -0.4 is 15.5 Å². The Balaban J connectivity index is 1.40. The van der Waals surface area contributed by atoms with Crippen LogP contribution >= 0.6 is 0 Å². The summed E-state index contributed by atoms with van der Waals surface area (Å²) >= 11 is 0. The Morgan fingerprint density at radius 1 is 0.867 bits per heavy atom. The molecule has 2 heterocycles. The van der Waals surface area contributed by atoms with E-state index in [0.29, 0.717) is 18.2 Å². The van der Waals surface area contributed by atoms with Gasteiger partial charge in [0.25, 0.3) is 0 Å². The second-order valence-electron chi connectivity index (χ2n) is 8.20. The van der Waals surface area contributed by atoms with Crippen LogP contribution in [0.1, 0.15) is 20.3 Å². The predicted molar refractivity (Wildman–Crippen MR) is 120 cm³/mol. The molecule has 7 heteroatoms. The number of phenolic OH excluding ortho intramolecular Hbond substituents is 1. The van der Waals surface area contributed by atoms with Crippen molar-refractivity contribution in [3.8, 4) is 11.4 Å². The van der Waals surface area contributed by atoms with E-state index in [4.69, 9.17) is 0 Å². The van der Waals surface area contributed by atoms with E-state index >= 15 is 0 Å². The van der Waals surface area contributed by atoms with E-state index in [1.54, 1.807) is 23.0 Å². The molecule has 1 saturated heterocycles. The Morgan fingerprint density at radius 3 is 1.90 bits per heavy atom. The molecule has 4 rings (SSSR count). The molecule has 0 saturated carbocycles. The summed E-state index contributed by atoms with van der Waals surface area (Å²) < 4.78 is 3.14. The first kappa shape index (κ1) is 20.1. The fourth-order valence-corrected chi connectivity index (χ4v) is 3.76. The molecule has 1 aromatic heterocycles. The molecule has 1 fully saturated rings. The van der Waals surface area contributed by atoms with Gasteiger partial charge < -0.3 is 14.9 Å². The Labute approximate surface area is 176 Å². The molecule has 30 heavy (non-hydrogen) atoms. The van der Waals surface area contributed by atoms with Gasteiger partial charge in [-0.25, -0.2) is 14.0 Å². The molecule has 1 aliphatic rings. The topological polar surface area (TPSA) is 66.5 Å². The van der Waals surface area contributed by atoms with Gasteiger partial charge in [-0.3, -0.25) is 0 Å². The van der Waals surface area contributed by atoms with Gasteiger partial charge in [0.1, 0.15) is 12.1 Å². The monoisotopic (exact) mass is 407 g/mol. The predicted octanol–water partition coefficient (Wildman–Crippen LogP) is 3.11. The highest BCUT2D eigenvalue weighted by atomic mass is 16.3. The number of aromatic hydroxyl groups is 1. The first-order valence-corrected chi connectivity index (χ1v) is 10.5. The number of hydrogen-bond donors (Lipinski definition) is 1. The van der Waals surface area contributed by atoms with Gasteiger partial charge in [-0.2, -0.15) is 5.10 Å². The van der Waals surface area contributed by atoms with Gasteiger partial charge in [0.05, 0.1) is 5.69 Å². The Morgan fingerprint density at radius 2 is 1.37 bits per heavy atom. The number of aryl methyl sites for hydroxylation is 1. The number of benzene rings is 2. The third-order valence-corrected chi connectivity index (χ3v) is 5.64. The van der Waals surface area contributed by atoms with Gasteiger partial charge >= 0.3 is 5.69 Å². The molecule has 7 nitrogen and oxygen atoms in total. The van der Waals surface area contributed by atoms with Crippen LogP contribution in [0.3, 0.4) is 0 Å². The number of piperazine rings is 1. The van der Waals surface area contributed by atoms with Crippen molar-refractivity contribution in [2.24, 2.45) is 5.92 Å². The Hall–Kier alpha value is -3.22. The minimum atomic E-state index is -0.0917. The Kier molecular flexibility index (Phi) is 5.79. The van der Waals surface area contributed by atoms with Gasteiger partial charge in [-0.1, -0.05) is 13.8 Å². The van der Waals surface area contributed by atoms with Crippen molar-refractivity contribution < 1.29 is 5.11 Å². The van der Waals surface area contributed by atoms with Gasteiger partial charge in [0.15, 0.2) is 0 Å². The van der Waals surface area contributed by atoms with E-state index in [2.05, 4.69) is 40.9 Å². The lowest BCUT2D eigenvalue weighted by atomic mass is 10.1. The quantitative estimate of drug-likeness (QED) is 0.680. The number of nitrogens with zero attached hydrogens (tertiary/aromatic N) is 5. The molecular formula is C23H29N5O2. The molecular weight excluding hydrogens is 378 g/mol. The van der Waals surface area contributed by atoms with E-state index < -0.39 is 0 Å². The van der Waals surface area contributed by atoms with Crippen molar-refractivity contribution in [2.45, 2.75) is 26.8 Å². The fraction of sp³-hybridized carbons (Fsp3) is 0.391. The summed E-state index contributed by atoms with van der Waals surface area (Å²) in [6.07, 6.45) is 2.54. The highest BCUT2D eigenvalue weighted by molar-refractivity contribution is 5.54. The second-order valence-corrected chi connectivity index (χ2v) is 8.20. The summed E-state index contributed by atoms with van der Waals surface area (Å²) in [5, 5.41) is 13.7. The van der Waals surface area contributed by atoms with Gasteiger partial charge in [0, 0.05) is 44.1 Å². The van der Waals surface area contributed by atoms with Crippen molar-refractivity contribution in [2.75, 3.05) is 36.0 Å². The van der Waals surface area contributed by atoms with Crippen LogP contribution in [0, 0.1) is 5.92 Å². The summed E-state index contributed by atoms with van der Waals surface area (Å²) in [6.45, 7) is 8.63. The van der Waals surface area contributed by atoms with Crippen LogP contribution in [0.2, 0.25) is 0 Å². The van der Waals surface area contributed by atoms with Crippen molar-refractivity contribution in [1.82, 2.24) is 14.3 Å². The van der Waals surface area contributed by atoms with Crippen LogP contribution in [0.5, 0.6) is 5.75 Å². The number of hydrogen-bond acceptors (Lipinski definition) is 5. The number of phenols is 1. The summed E-state index contributed by atoms with van der Waals surface area (Å²) in [5.74, 6) is 0.831. The van der Waals surface area contributed by atoms with Crippen LogP contribution in [-0.4, -0.2) is 45.6 Å². The normalized spacial score (nSPS) is 14.5.